The summed E-state index contributed by atoms with van der Waals surface area (Å²) in [6, 6.07) is 11.1. The molecule has 0 aliphatic heterocycles. The molecule has 104 valence electrons. The highest BCUT2D eigenvalue weighted by molar-refractivity contribution is 5.92. The average molecular weight is 270 g/mol. The lowest BCUT2D eigenvalue weighted by Gasteiger charge is -2.13. The summed E-state index contributed by atoms with van der Waals surface area (Å²) in [4.78, 5) is 11.4. The van der Waals surface area contributed by atoms with Gasteiger partial charge in [-0.2, -0.15) is 0 Å². The molecule has 0 atom stereocenters. The van der Waals surface area contributed by atoms with Crippen molar-refractivity contribution < 1.29 is 9.53 Å². The van der Waals surface area contributed by atoms with E-state index >= 15 is 0 Å². The van der Waals surface area contributed by atoms with Gasteiger partial charge in [0, 0.05) is 5.69 Å². The molecule has 20 heavy (non-hydrogen) atoms. The molecule has 0 fully saturated rings. The third-order valence-corrected chi connectivity index (χ3v) is 3.35. The lowest BCUT2D eigenvalue weighted by molar-refractivity contribution is 0.0601. The summed E-state index contributed by atoms with van der Waals surface area (Å²) < 4.78 is 4.67. The normalized spacial score (nSPS) is 10.2. The van der Waals surface area contributed by atoms with Gasteiger partial charge in [-0.05, 0) is 49.2 Å². The second kappa shape index (κ2) is 5.65. The molecule has 0 aliphatic carbocycles. The summed E-state index contributed by atoms with van der Waals surface area (Å²) in [6.45, 7) is 4.11. The van der Waals surface area contributed by atoms with Crippen LogP contribution in [0.3, 0.4) is 0 Å². The van der Waals surface area contributed by atoms with E-state index in [0.717, 1.165) is 11.4 Å². The van der Waals surface area contributed by atoms with Crippen LogP contribution in [0.2, 0.25) is 0 Å². The number of aryl methyl sites for hydroxylation is 1. The first-order valence-electron chi connectivity index (χ1n) is 6.34. The fourth-order valence-corrected chi connectivity index (χ4v) is 1.95. The Kier molecular flexibility index (Phi) is 3.94. The number of carbonyl (C=O) groups excluding carboxylic acids is 1. The van der Waals surface area contributed by atoms with Crippen LogP contribution in [0.25, 0.3) is 0 Å². The number of hydrogen-bond acceptors (Lipinski definition) is 4. The summed E-state index contributed by atoms with van der Waals surface area (Å²) in [5.41, 5.74) is 11.1. The molecule has 2 aromatic rings. The van der Waals surface area contributed by atoms with E-state index in [-0.39, 0.29) is 0 Å². The minimum absolute atomic E-state index is 0.394. The fourth-order valence-electron chi connectivity index (χ4n) is 1.95. The Morgan fingerprint density at radius 1 is 1.15 bits per heavy atom. The zero-order valence-electron chi connectivity index (χ0n) is 11.9. The van der Waals surface area contributed by atoms with Crippen LogP contribution in [-0.2, 0) is 4.74 Å². The number of methoxy groups -OCH3 is 1. The zero-order valence-corrected chi connectivity index (χ0v) is 11.9. The number of nitrogens with two attached hydrogens (primary N) is 1. The molecule has 0 amide bonds. The first-order chi connectivity index (χ1) is 9.52. The zero-order chi connectivity index (χ0) is 14.7. The third kappa shape index (κ3) is 2.74. The van der Waals surface area contributed by atoms with Gasteiger partial charge in [-0.3, -0.25) is 0 Å². The highest BCUT2D eigenvalue weighted by Gasteiger charge is 2.09. The average Bonchev–Trinajstić information content (AvgIpc) is 2.45. The van der Waals surface area contributed by atoms with E-state index in [1.165, 1.54) is 18.2 Å². The number of anilines is 3. The fraction of sp³-hybridized carbons (Fsp3) is 0.188. The van der Waals surface area contributed by atoms with E-state index in [9.17, 15) is 4.79 Å². The number of rotatable bonds is 3. The maximum atomic E-state index is 11.4. The van der Waals surface area contributed by atoms with Crippen LogP contribution in [0.1, 0.15) is 21.5 Å². The van der Waals surface area contributed by atoms with Crippen LogP contribution in [0.15, 0.2) is 36.4 Å². The van der Waals surface area contributed by atoms with E-state index in [2.05, 4.69) is 30.0 Å². The molecule has 0 bridgehead atoms. The van der Waals surface area contributed by atoms with Gasteiger partial charge in [0.1, 0.15) is 0 Å². The molecule has 4 heteroatoms. The Bertz CT molecular complexity index is 651. The van der Waals surface area contributed by atoms with E-state index < -0.39 is 5.97 Å². The van der Waals surface area contributed by atoms with Crippen molar-refractivity contribution in [1.29, 1.82) is 0 Å². The number of benzene rings is 2. The van der Waals surface area contributed by atoms with Crippen molar-refractivity contribution in [3.63, 3.8) is 0 Å². The van der Waals surface area contributed by atoms with Gasteiger partial charge in [-0.15, -0.1) is 0 Å². The lowest BCUT2D eigenvalue weighted by atomic mass is 10.1. The summed E-state index contributed by atoms with van der Waals surface area (Å²) in [6.07, 6.45) is 0. The molecule has 2 aromatic carbocycles. The highest BCUT2D eigenvalue weighted by Crippen LogP contribution is 2.27. The SMILES string of the molecule is COC(=O)c1ccc(Nc2cccc(C)c2C)c(N)c1. The summed E-state index contributed by atoms with van der Waals surface area (Å²) in [5.74, 6) is -0.394. The maximum absolute atomic E-state index is 11.4. The number of carbonyl (C=O) groups is 1. The lowest BCUT2D eigenvalue weighted by Crippen LogP contribution is -2.04. The Hall–Kier alpha value is -2.49. The predicted molar refractivity (Wildman–Crippen MR) is 81.4 cm³/mol. The van der Waals surface area contributed by atoms with Crippen LogP contribution in [0.5, 0.6) is 0 Å². The van der Waals surface area contributed by atoms with Gasteiger partial charge in [0.15, 0.2) is 0 Å². The molecule has 2 rings (SSSR count). The van der Waals surface area contributed by atoms with Gasteiger partial charge in [0.25, 0.3) is 0 Å². The molecule has 0 aromatic heterocycles. The second-order valence-corrected chi connectivity index (χ2v) is 4.67. The van der Waals surface area contributed by atoms with Crippen LogP contribution >= 0.6 is 0 Å². The number of esters is 1. The van der Waals surface area contributed by atoms with Crippen molar-refractivity contribution in [2.45, 2.75) is 13.8 Å². The molecule has 3 N–H and O–H groups in total. The summed E-state index contributed by atoms with van der Waals surface area (Å²) >= 11 is 0. The van der Waals surface area contributed by atoms with Crippen molar-refractivity contribution in [1.82, 2.24) is 0 Å². The molecule has 0 aliphatic rings. The minimum atomic E-state index is -0.394. The first kappa shape index (κ1) is 13.9. The molecule has 0 radical (unpaired) electrons. The van der Waals surface area contributed by atoms with E-state index in [4.69, 9.17) is 5.73 Å². The van der Waals surface area contributed by atoms with Crippen LogP contribution < -0.4 is 11.1 Å². The smallest absolute Gasteiger partial charge is 0.337 e. The first-order valence-corrected chi connectivity index (χ1v) is 6.34. The molecule has 0 spiro atoms. The Morgan fingerprint density at radius 3 is 2.55 bits per heavy atom. The van der Waals surface area contributed by atoms with Crippen LogP contribution in [-0.4, -0.2) is 13.1 Å². The Morgan fingerprint density at radius 2 is 1.90 bits per heavy atom. The minimum Gasteiger partial charge on any atom is -0.465 e. The molecule has 0 saturated carbocycles. The van der Waals surface area contributed by atoms with E-state index in [0.29, 0.717) is 11.3 Å². The molecule has 0 unspecified atom stereocenters. The van der Waals surface area contributed by atoms with Crippen molar-refractivity contribution >= 4 is 23.0 Å². The summed E-state index contributed by atoms with van der Waals surface area (Å²) in [7, 11) is 1.35. The maximum Gasteiger partial charge on any atom is 0.337 e. The van der Waals surface area contributed by atoms with E-state index in [1.54, 1.807) is 18.2 Å². The number of ether oxygens (including phenoxy) is 1. The molecule has 0 heterocycles. The molecule has 4 nitrogen and oxygen atoms in total. The number of nitrogens with one attached hydrogen (secondary N) is 1. The van der Waals surface area contributed by atoms with Gasteiger partial charge >= 0.3 is 5.97 Å². The number of nitrogen functional groups attached to an aromatic ring is 1. The Labute approximate surface area is 118 Å². The largest absolute Gasteiger partial charge is 0.465 e. The van der Waals surface area contributed by atoms with Gasteiger partial charge in [0.2, 0.25) is 0 Å². The predicted octanol–water partition coefficient (Wildman–Crippen LogP) is 3.42. The Balaban J connectivity index is 2.30. The summed E-state index contributed by atoms with van der Waals surface area (Å²) in [5, 5.41) is 3.29. The topological polar surface area (TPSA) is 64.3 Å². The van der Waals surface area contributed by atoms with Gasteiger partial charge in [0.05, 0.1) is 24.0 Å². The molecule has 0 saturated heterocycles. The van der Waals surface area contributed by atoms with Crippen molar-refractivity contribution in [3.05, 3.63) is 53.1 Å². The standard InChI is InChI=1S/C16H18N2O2/c1-10-5-4-6-14(11(10)2)18-15-8-7-12(9-13(15)17)16(19)20-3/h4-9,18H,17H2,1-3H3. The molecular weight excluding hydrogens is 252 g/mol. The van der Waals surface area contributed by atoms with Crippen LogP contribution in [0, 0.1) is 13.8 Å². The van der Waals surface area contributed by atoms with Crippen molar-refractivity contribution in [2.75, 3.05) is 18.2 Å². The van der Waals surface area contributed by atoms with Crippen molar-refractivity contribution in [2.24, 2.45) is 0 Å². The van der Waals surface area contributed by atoms with Crippen molar-refractivity contribution in [3.8, 4) is 0 Å². The van der Waals surface area contributed by atoms with E-state index in [1.807, 2.05) is 12.1 Å². The van der Waals surface area contributed by atoms with Gasteiger partial charge < -0.3 is 15.8 Å². The quantitative estimate of drug-likeness (QED) is 0.662. The van der Waals surface area contributed by atoms with Gasteiger partial charge in [-0.1, -0.05) is 12.1 Å². The number of hydrogen-bond donors (Lipinski definition) is 2. The molecular formula is C16H18N2O2. The highest BCUT2D eigenvalue weighted by atomic mass is 16.5. The monoisotopic (exact) mass is 270 g/mol. The second-order valence-electron chi connectivity index (χ2n) is 4.67. The van der Waals surface area contributed by atoms with Gasteiger partial charge in [-0.25, -0.2) is 4.79 Å². The van der Waals surface area contributed by atoms with Crippen LogP contribution in [0.4, 0.5) is 17.1 Å². The third-order valence-electron chi connectivity index (χ3n) is 3.35.